The first kappa shape index (κ1) is 22.9. The van der Waals surface area contributed by atoms with Crippen LogP contribution in [0.4, 0.5) is 0 Å². The molecule has 0 heterocycles. The van der Waals surface area contributed by atoms with E-state index < -0.39 is 0 Å². The summed E-state index contributed by atoms with van der Waals surface area (Å²) < 4.78 is 0. The van der Waals surface area contributed by atoms with Crippen LogP contribution in [0.2, 0.25) is 0 Å². The minimum atomic E-state index is 0. The molecule has 1 atom stereocenters. The molecule has 0 rings (SSSR count). The lowest BCUT2D eigenvalue weighted by atomic mass is 10.0. The summed E-state index contributed by atoms with van der Waals surface area (Å²) in [7, 11) is 0. The molecule has 0 aliphatic heterocycles. The molecule has 0 saturated heterocycles. The molecule has 0 aliphatic carbocycles. The summed E-state index contributed by atoms with van der Waals surface area (Å²) in [6.45, 7) is 5.35. The number of hydrogen-bond acceptors (Lipinski definition) is 3. The van der Waals surface area contributed by atoms with E-state index in [1.807, 2.05) is 0 Å². The normalized spacial score (nSPS) is 9.23. The van der Waals surface area contributed by atoms with Crippen LogP contribution in [0.5, 0.6) is 0 Å². The van der Waals surface area contributed by atoms with E-state index in [0.717, 1.165) is 0 Å². The zero-order chi connectivity index (χ0) is 9.28. The number of nitrogens with one attached hydrogen (secondary N) is 1. The molecule has 5 heteroatoms. The molecule has 6 N–H and O–H groups in total. The van der Waals surface area contributed by atoms with Gasteiger partial charge in [-0.1, -0.05) is 6.08 Å². The maximum Gasteiger partial charge on any atom is 0.0497 e. The molecule has 0 aromatic carbocycles. The molecule has 0 radical (unpaired) electrons. The number of rotatable bonds is 4. The quantitative estimate of drug-likeness (QED) is 0.342. The number of aliphatic hydroxyl groups excluding tert-OH is 1. The molecule has 0 aromatic heterocycles. The van der Waals surface area contributed by atoms with Crippen molar-refractivity contribution in [1.29, 1.82) is 5.41 Å². The zero-order valence-corrected chi connectivity index (χ0v) is 9.06. The molecule has 4 nitrogen and oxygen atoms in total. The summed E-state index contributed by atoms with van der Waals surface area (Å²) in [6.07, 6.45) is 4.00. The highest BCUT2D eigenvalue weighted by Crippen LogP contribution is 2.02. The number of hydrogen-bond donors (Lipinski definition) is 3. The molecule has 82 valence electrons. The lowest BCUT2D eigenvalue weighted by Crippen LogP contribution is -2.06. The molecule has 13 heavy (non-hydrogen) atoms. The van der Waals surface area contributed by atoms with E-state index in [4.69, 9.17) is 10.5 Å². The van der Waals surface area contributed by atoms with Crippen molar-refractivity contribution in [2.75, 3.05) is 12.9 Å². The predicted molar refractivity (Wildman–Crippen MR) is 60.9 cm³/mol. The number of aliphatic hydroxyl groups is 1. The van der Waals surface area contributed by atoms with E-state index in [1.54, 1.807) is 19.3 Å². The Morgan fingerprint density at radius 3 is 2.00 bits per heavy atom. The van der Waals surface area contributed by atoms with Crippen LogP contribution in [-0.4, -0.2) is 34.6 Å². The third-order valence-corrected chi connectivity index (χ3v) is 1.14. The largest absolute Gasteiger partial charge is 0.412 e. The molecule has 0 aromatic rings. The Morgan fingerprint density at radius 1 is 1.54 bits per heavy atom. The molecular weight excluding hydrogens is 190 g/mol. The average molecular weight is 211 g/mol. The number of thiol groups is 1. The van der Waals surface area contributed by atoms with Crippen molar-refractivity contribution in [3.8, 4) is 0 Å². The first-order chi connectivity index (χ1) is 5.20. The van der Waals surface area contributed by atoms with Gasteiger partial charge in [0.1, 0.15) is 0 Å². The van der Waals surface area contributed by atoms with Crippen LogP contribution in [0.25, 0.3) is 0 Å². The van der Waals surface area contributed by atoms with Crippen LogP contribution >= 0.6 is 12.6 Å². The maximum atomic E-state index is 8.61. The summed E-state index contributed by atoms with van der Waals surface area (Å²) in [6, 6.07) is 0. The summed E-state index contributed by atoms with van der Waals surface area (Å²) in [5, 5.41) is 15.7. The van der Waals surface area contributed by atoms with Crippen molar-refractivity contribution in [3.63, 3.8) is 0 Å². The molecule has 0 saturated carbocycles. The highest BCUT2D eigenvalue weighted by Gasteiger charge is 2.01. The van der Waals surface area contributed by atoms with Crippen LogP contribution in [0, 0.1) is 11.3 Å². The SMILES string of the molecule is C=C[C@@H](CO)CC(C)=N.CS.O.O. The van der Waals surface area contributed by atoms with Gasteiger partial charge in [0.05, 0.1) is 0 Å². The standard InChI is InChI=1S/C7H13NO.CH4S.2H2O/c1-3-7(5-9)4-6(2)8;1-2;;/h3,7-9H,1,4-5H2,2H3;2H,1H3;2*1H2/t7-;;;/m1.../s1. The van der Waals surface area contributed by atoms with Crippen LogP contribution in [0.3, 0.4) is 0 Å². The van der Waals surface area contributed by atoms with Gasteiger partial charge in [0.2, 0.25) is 0 Å². The highest BCUT2D eigenvalue weighted by atomic mass is 32.1. The second kappa shape index (κ2) is 17.7. The van der Waals surface area contributed by atoms with Gasteiger partial charge < -0.3 is 21.5 Å². The van der Waals surface area contributed by atoms with Gasteiger partial charge in [0.25, 0.3) is 0 Å². The Balaban J connectivity index is -0.0000000941. The van der Waals surface area contributed by atoms with E-state index in [1.165, 1.54) is 0 Å². The van der Waals surface area contributed by atoms with E-state index in [9.17, 15) is 0 Å². The lowest BCUT2D eigenvalue weighted by Gasteiger charge is -2.05. The van der Waals surface area contributed by atoms with Crippen molar-refractivity contribution < 1.29 is 16.1 Å². The summed E-state index contributed by atoms with van der Waals surface area (Å²) in [4.78, 5) is 0. The minimum absolute atomic E-state index is 0. The molecule has 0 aliphatic rings. The van der Waals surface area contributed by atoms with E-state index >= 15 is 0 Å². The van der Waals surface area contributed by atoms with Crippen molar-refractivity contribution >= 4 is 18.3 Å². The van der Waals surface area contributed by atoms with Crippen LogP contribution < -0.4 is 0 Å². The fourth-order valence-electron chi connectivity index (χ4n) is 0.616. The smallest absolute Gasteiger partial charge is 0.0497 e. The van der Waals surface area contributed by atoms with Gasteiger partial charge in [0.15, 0.2) is 0 Å². The van der Waals surface area contributed by atoms with Crippen molar-refractivity contribution in [1.82, 2.24) is 0 Å². The zero-order valence-electron chi connectivity index (χ0n) is 8.17. The predicted octanol–water partition coefficient (Wildman–Crippen LogP) is 0.107. The van der Waals surface area contributed by atoms with Crippen molar-refractivity contribution in [2.45, 2.75) is 13.3 Å². The second-order valence-corrected chi connectivity index (χ2v) is 2.16. The van der Waals surface area contributed by atoms with Crippen LogP contribution in [0.15, 0.2) is 12.7 Å². The van der Waals surface area contributed by atoms with Crippen LogP contribution in [0.1, 0.15) is 13.3 Å². The average Bonchev–Trinajstić information content (AvgIpc) is 2.03. The minimum Gasteiger partial charge on any atom is -0.412 e. The first-order valence-corrected chi connectivity index (χ1v) is 4.32. The topological polar surface area (TPSA) is 107 Å². The van der Waals surface area contributed by atoms with Gasteiger partial charge in [-0.2, -0.15) is 12.6 Å². The molecular formula is C8H21NO3S. The third-order valence-electron chi connectivity index (χ3n) is 1.14. The fraction of sp³-hybridized carbons (Fsp3) is 0.625. The van der Waals surface area contributed by atoms with Gasteiger partial charge in [0, 0.05) is 18.2 Å². The maximum absolute atomic E-state index is 8.61. The van der Waals surface area contributed by atoms with Gasteiger partial charge in [-0.25, -0.2) is 0 Å². The Morgan fingerprint density at radius 2 is 1.92 bits per heavy atom. The Labute approximate surface area is 85.2 Å². The molecule has 0 spiro atoms. The van der Waals surface area contributed by atoms with Crippen LogP contribution in [-0.2, 0) is 0 Å². The first-order valence-electron chi connectivity index (χ1n) is 3.43. The molecule has 0 unspecified atom stereocenters. The molecule has 0 fully saturated rings. The lowest BCUT2D eigenvalue weighted by molar-refractivity contribution is 0.256. The van der Waals surface area contributed by atoms with E-state index in [-0.39, 0.29) is 23.5 Å². The second-order valence-electron chi connectivity index (χ2n) is 2.16. The monoisotopic (exact) mass is 211 g/mol. The van der Waals surface area contributed by atoms with Crippen molar-refractivity contribution in [2.24, 2.45) is 5.92 Å². The Hall–Kier alpha value is -0.360. The highest BCUT2D eigenvalue weighted by molar-refractivity contribution is 7.79. The summed E-state index contributed by atoms with van der Waals surface area (Å²) in [5.41, 5.74) is 0.592. The van der Waals surface area contributed by atoms with E-state index in [2.05, 4.69) is 19.2 Å². The third kappa shape index (κ3) is 18.5. The Bertz CT molecular complexity index is 120. The molecule has 0 bridgehead atoms. The summed E-state index contributed by atoms with van der Waals surface area (Å²) >= 11 is 3.53. The summed E-state index contributed by atoms with van der Waals surface area (Å²) in [5.74, 6) is 0.0718. The van der Waals surface area contributed by atoms with Gasteiger partial charge in [-0.3, -0.25) is 0 Å². The van der Waals surface area contributed by atoms with Crippen molar-refractivity contribution in [3.05, 3.63) is 12.7 Å². The van der Waals surface area contributed by atoms with Gasteiger partial charge in [-0.15, -0.1) is 6.58 Å². The van der Waals surface area contributed by atoms with Gasteiger partial charge >= 0.3 is 0 Å². The fourth-order valence-corrected chi connectivity index (χ4v) is 0.616. The Kier molecular flexibility index (Phi) is 31.2. The van der Waals surface area contributed by atoms with E-state index in [0.29, 0.717) is 12.1 Å². The van der Waals surface area contributed by atoms with Gasteiger partial charge in [-0.05, 0) is 19.6 Å². The molecule has 0 amide bonds.